The highest BCUT2D eigenvalue weighted by Gasteiger charge is 2.39. The Morgan fingerprint density at radius 1 is 1.42 bits per heavy atom. The summed E-state index contributed by atoms with van der Waals surface area (Å²) in [6.45, 7) is 10.1. The summed E-state index contributed by atoms with van der Waals surface area (Å²) >= 11 is 0. The van der Waals surface area contributed by atoms with E-state index >= 15 is 0 Å². The Morgan fingerprint density at radius 3 is 2.69 bits per heavy atom. The number of nitrogens with one attached hydrogen (secondary N) is 1. The van der Waals surface area contributed by atoms with Crippen LogP contribution in [0.3, 0.4) is 0 Å². The van der Waals surface area contributed by atoms with Crippen molar-refractivity contribution < 1.29 is 24.6 Å². The van der Waals surface area contributed by atoms with Crippen molar-refractivity contribution in [3.8, 4) is 5.75 Å². The molecule has 0 aromatic heterocycles. The number of hydrogen-bond donors (Lipinski definition) is 2. The van der Waals surface area contributed by atoms with E-state index < -0.39 is 17.6 Å². The van der Waals surface area contributed by atoms with Gasteiger partial charge in [0.15, 0.2) is 0 Å². The third-order valence-corrected chi connectivity index (χ3v) is 5.49. The Balaban J connectivity index is 1.96. The molecule has 5 nitrogen and oxygen atoms in total. The van der Waals surface area contributed by atoms with Crippen LogP contribution in [0.15, 0.2) is 17.8 Å². The minimum Gasteiger partial charge on any atom is -0.544 e. The van der Waals surface area contributed by atoms with Crippen molar-refractivity contribution in [3.63, 3.8) is 0 Å². The van der Waals surface area contributed by atoms with Crippen LogP contribution in [0.1, 0.15) is 57.7 Å². The predicted octanol–water partition coefficient (Wildman–Crippen LogP) is 0.685. The van der Waals surface area contributed by atoms with Gasteiger partial charge in [-0.25, -0.2) is 0 Å². The molecule has 2 heterocycles. The number of rotatable bonds is 5. The normalized spacial score (nSPS) is 23.1. The molecule has 2 aliphatic heterocycles. The molecule has 0 bridgehead atoms. The van der Waals surface area contributed by atoms with Gasteiger partial charge in [-0.1, -0.05) is 26.0 Å². The smallest absolute Gasteiger partial charge is 0.132 e. The van der Waals surface area contributed by atoms with E-state index in [1.807, 2.05) is 26.8 Å². The van der Waals surface area contributed by atoms with Gasteiger partial charge in [0, 0.05) is 25.8 Å². The number of aliphatic hydroxyl groups is 1. The molecular formula is C21H29NO4. The second-order valence-corrected chi connectivity index (χ2v) is 8.62. The maximum atomic E-state index is 11.8. The molecule has 142 valence electrons. The molecule has 0 aliphatic carbocycles. The average molecular weight is 359 g/mol. The first-order valence-electron chi connectivity index (χ1n) is 9.37. The number of fused-ring (bicyclic) bond motifs is 3. The quantitative estimate of drug-likeness (QED) is 0.811. The summed E-state index contributed by atoms with van der Waals surface area (Å²) in [5.74, 6) is 0.0854. The van der Waals surface area contributed by atoms with Crippen molar-refractivity contribution in [2.75, 3.05) is 0 Å². The Bertz CT molecular complexity index is 745. The number of ether oxygens (including phenoxy) is 1. The van der Waals surface area contributed by atoms with Crippen LogP contribution in [0.2, 0.25) is 0 Å². The lowest BCUT2D eigenvalue weighted by Gasteiger charge is -2.34. The standard InChI is InChI=1S/C21H29NO4/c1-12(2)8-17(20(23)24)22-11-16-14(9-13(22)3)6-7-15-10-18(21(4,5)25)26-19(15)16/h6-7,9,12,17-18,25H,8,10-11H2,1-5H3,(H,23,24)/t17-,18+/m0/s1. The third-order valence-electron chi connectivity index (χ3n) is 5.49. The Labute approximate surface area is 155 Å². The molecule has 3 rings (SSSR count). The maximum Gasteiger partial charge on any atom is 0.132 e. The number of allylic oxidation sites excluding steroid dienone is 1. The second-order valence-electron chi connectivity index (χ2n) is 8.62. The van der Waals surface area contributed by atoms with Crippen LogP contribution < -0.4 is 14.7 Å². The average Bonchev–Trinajstić information content (AvgIpc) is 2.96. The van der Waals surface area contributed by atoms with Crippen LogP contribution in [0.25, 0.3) is 6.08 Å². The first-order valence-corrected chi connectivity index (χ1v) is 9.37. The number of carboxylic acid groups (broad SMARTS) is 1. The molecule has 5 heteroatoms. The summed E-state index contributed by atoms with van der Waals surface area (Å²) in [4.78, 5) is 12.7. The molecule has 2 N–H and O–H groups in total. The number of aliphatic carboxylic acids is 1. The maximum absolute atomic E-state index is 11.8. The van der Waals surface area contributed by atoms with E-state index in [0.29, 0.717) is 19.4 Å². The minimum absolute atomic E-state index is 0.275. The number of carboxylic acids is 1. The summed E-state index contributed by atoms with van der Waals surface area (Å²) in [5, 5.41) is 22.1. The first kappa shape index (κ1) is 18.9. The zero-order valence-electron chi connectivity index (χ0n) is 16.3. The molecule has 26 heavy (non-hydrogen) atoms. The SMILES string of the molecule is CC1=Cc2ccc3c(c2C[NH+]1[C@@H](CC(C)C)C(=O)[O-])O[C@@H](C(C)(C)O)C3. The number of benzene rings is 1. The molecule has 0 fully saturated rings. The van der Waals surface area contributed by atoms with E-state index in [1.54, 1.807) is 13.8 Å². The van der Waals surface area contributed by atoms with Gasteiger partial charge in [0.1, 0.15) is 30.1 Å². The van der Waals surface area contributed by atoms with E-state index in [4.69, 9.17) is 4.74 Å². The minimum atomic E-state index is -1.01. The van der Waals surface area contributed by atoms with Gasteiger partial charge in [-0.3, -0.25) is 4.90 Å². The summed E-state index contributed by atoms with van der Waals surface area (Å²) in [7, 11) is 0. The van der Waals surface area contributed by atoms with Gasteiger partial charge >= 0.3 is 0 Å². The van der Waals surface area contributed by atoms with Crippen LogP contribution in [0, 0.1) is 5.92 Å². The van der Waals surface area contributed by atoms with E-state index in [2.05, 4.69) is 12.1 Å². The molecule has 0 amide bonds. The Kier molecular flexibility index (Phi) is 4.88. The lowest BCUT2D eigenvalue weighted by atomic mass is 9.93. The molecule has 0 saturated heterocycles. The first-order chi connectivity index (χ1) is 12.1. The molecule has 0 spiro atoms. The van der Waals surface area contributed by atoms with Crippen LogP contribution in [-0.4, -0.2) is 28.8 Å². The van der Waals surface area contributed by atoms with Crippen LogP contribution in [0.5, 0.6) is 5.75 Å². The van der Waals surface area contributed by atoms with Gasteiger partial charge in [0.2, 0.25) is 0 Å². The van der Waals surface area contributed by atoms with Gasteiger partial charge in [-0.05, 0) is 30.9 Å². The fraction of sp³-hybridized carbons (Fsp3) is 0.571. The molecule has 0 saturated carbocycles. The lowest BCUT2D eigenvalue weighted by molar-refractivity contribution is -0.895. The van der Waals surface area contributed by atoms with Crippen molar-refractivity contribution in [1.29, 1.82) is 0 Å². The molecule has 3 atom stereocenters. The van der Waals surface area contributed by atoms with E-state index in [0.717, 1.165) is 33.0 Å². The predicted molar refractivity (Wildman–Crippen MR) is 97.4 cm³/mol. The number of carbonyl (C=O) groups excluding carboxylic acids is 1. The van der Waals surface area contributed by atoms with Crippen molar-refractivity contribution in [1.82, 2.24) is 0 Å². The third kappa shape index (κ3) is 3.51. The summed E-state index contributed by atoms with van der Waals surface area (Å²) in [6.07, 6.45) is 3.00. The number of quaternary nitrogens is 1. The van der Waals surface area contributed by atoms with Crippen molar-refractivity contribution >= 4 is 12.0 Å². The monoisotopic (exact) mass is 359 g/mol. The largest absolute Gasteiger partial charge is 0.544 e. The molecule has 1 unspecified atom stereocenters. The lowest BCUT2D eigenvalue weighted by Crippen LogP contribution is -3.14. The highest BCUT2D eigenvalue weighted by molar-refractivity contribution is 5.70. The Hall–Kier alpha value is -1.85. The molecule has 0 radical (unpaired) electrons. The highest BCUT2D eigenvalue weighted by Crippen LogP contribution is 2.38. The Morgan fingerprint density at radius 2 is 2.12 bits per heavy atom. The van der Waals surface area contributed by atoms with Gasteiger partial charge in [-0.2, -0.15) is 0 Å². The van der Waals surface area contributed by atoms with Crippen LogP contribution in [0.4, 0.5) is 0 Å². The van der Waals surface area contributed by atoms with Crippen LogP contribution in [-0.2, 0) is 17.8 Å². The van der Waals surface area contributed by atoms with E-state index in [-0.39, 0.29) is 12.0 Å². The van der Waals surface area contributed by atoms with E-state index in [1.165, 1.54) is 0 Å². The molecule has 1 aromatic rings. The van der Waals surface area contributed by atoms with Crippen molar-refractivity contribution in [2.24, 2.45) is 5.92 Å². The van der Waals surface area contributed by atoms with Gasteiger partial charge in [-0.15, -0.1) is 0 Å². The van der Waals surface area contributed by atoms with Gasteiger partial charge < -0.3 is 19.7 Å². The van der Waals surface area contributed by atoms with E-state index in [9.17, 15) is 15.0 Å². The van der Waals surface area contributed by atoms with Crippen molar-refractivity contribution in [3.05, 3.63) is 34.5 Å². The summed E-state index contributed by atoms with van der Waals surface area (Å²) in [5.41, 5.74) is 3.26. The fourth-order valence-electron chi connectivity index (χ4n) is 4.00. The second kappa shape index (κ2) is 6.71. The van der Waals surface area contributed by atoms with Crippen LogP contribution >= 0.6 is 0 Å². The summed E-state index contributed by atoms with van der Waals surface area (Å²) in [6, 6.07) is 3.54. The topological polar surface area (TPSA) is 74.0 Å². The number of carbonyl (C=O) groups is 1. The molecular weight excluding hydrogens is 330 g/mol. The van der Waals surface area contributed by atoms with Crippen molar-refractivity contribution in [2.45, 2.75) is 71.8 Å². The highest BCUT2D eigenvalue weighted by atomic mass is 16.5. The fourth-order valence-corrected chi connectivity index (χ4v) is 4.00. The molecule has 2 aliphatic rings. The number of hydrogen-bond acceptors (Lipinski definition) is 4. The van der Waals surface area contributed by atoms with Gasteiger partial charge in [0.05, 0.1) is 17.1 Å². The molecule has 1 aromatic carbocycles. The van der Waals surface area contributed by atoms with Gasteiger partial charge in [0.25, 0.3) is 0 Å². The summed E-state index contributed by atoms with van der Waals surface area (Å²) < 4.78 is 6.12. The zero-order valence-corrected chi connectivity index (χ0v) is 16.3. The zero-order chi connectivity index (χ0) is 19.2.